The van der Waals surface area contributed by atoms with E-state index in [0.29, 0.717) is 17.2 Å². The van der Waals surface area contributed by atoms with E-state index in [9.17, 15) is 10.1 Å². The standard InChI is InChI=1S/C18H23NO2/c1-3-4-14-5-7-15(8-6-14)16-9-10-18(21-13(2)20)17(11-16)12-19/h9-11,14-15H,3-8H2,1-2H3. The predicted octanol–water partition coefficient (Wildman–Crippen LogP) is 4.56. The van der Waals surface area contributed by atoms with Crippen LogP contribution in [0.4, 0.5) is 0 Å². The van der Waals surface area contributed by atoms with Gasteiger partial charge in [0.05, 0.1) is 5.56 Å². The van der Waals surface area contributed by atoms with Crippen molar-refractivity contribution >= 4 is 5.97 Å². The van der Waals surface area contributed by atoms with Crippen molar-refractivity contribution in [3.8, 4) is 11.8 Å². The van der Waals surface area contributed by atoms with Gasteiger partial charge in [-0.3, -0.25) is 4.79 Å². The quantitative estimate of drug-likeness (QED) is 0.602. The first-order valence-electron chi connectivity index (χ1n) is 7.86. The third kappa shape index (κ3) is 4.07. The van der Waals surface area contributed by atoms with Gasteiger partial charge in [0, 0.05) is 6.92 Å². The predicted molar refractivity (Wildman–Crippen MR) is 82.1 cm³/mol. The van der Waals surface area contributed by atoms with E-state index in [0.717, 1.165) is 5.92 Å². The average molecular weight is 285 g/mol. The van der Waals surface area contributed by atoms with Crippen LogP contribution in [-0.4, -0.2) is 5.97 Å². The van der Waals surface area contributed by atoms with Gasteiger partial charge in [0.25, 0.3) is 0 Å². The van der Waals surface area contributed by atoms with E-state index in [2.05, 4.69) is 13.0 Å². The van der Waals surface area contributed by atoms with E-state index in [-0.39, 0.29) is 5.97 Å². The van der Waals surface area contributed by atoms with Gasteiger partial charge in [-0.1, -0.05) is 25.8 Å². The van der Waals surface area contributed by atoms with Crippen LogP contribution in [0.25, 0.3) is 0 Å². The van der Waals surface area contributed by atoms with E-state index in [4.69, 9.17) is 4.74 Å². The second-order valence-corrected chi connectivity index (χ2v) is 5.97. The number of nitrogens with zero attached hydrogens (tertiary/aromatic N) is 1. The Kier molecular flexibility index (Phi) is 5.38. The largest absolute Gasteiger partial charge is 0.425 e. The highest BCUT2D eigenvalue weighted by molar-refractivity contribution is 5.70. The molecule has 0 atom stereocenters. The molecule has 112 valence electrons. The summed E-state index contributed by atoms with van der Waals surface area (Å²) in [4.78, 5) is 11.0. The third-order valence-corrected chi connectivity index (χ3v) is 4.39. The molecule has 0 aliphatic heterocycles. The van der Waals surface area contributed by atoms with E-state index < -0.39 is 0 Å². The summed E-state index contributed by atoms with van der Waals surface area (Å²) >= 11 is 0. The number of ether oxygens (including phenoxy) is 1. The highest BCUT2D eigenvalue weighted by Gasteiger charge is 2.22. The maximum atomic E-state index is 11.0. The first-order chi connectivity index (χ1) is 10.1. The Morgan fingerprint density at radius 1 is 1.33 bits per heavy atom. The van der Waals surface area contributed by atoms with Crippen molar-refractivity contribution < 1.29 is 9.53 Å². The maximum absolute atomic E-state index is 11.0. The van der Waals surface area contributed by atoms with E-state index in [1.54, 1.807) is 6.07 Å². The molecule has 3 nitrogen and oxygen atoms in total. The molecule has 0 aromatic heterocycles. The molecule has 1 aliphatic rings. The second kappa shape index (κ2) is 7.26. The van der Waals surface area contributed by atoms with Crippen LogP contribution < -0.4 is 4.74 Å². The second-order valence-electron chi connectivity index (χ2n) is 5.97. The van der Waals surface area contributed by atoms with Gasteiger partial charge in [0.2, 0.25) is 0 Å². The molecule has 0 radical (unpaired) electrons. The fraction of sp³-hybridized carbons (Fsp3) is 0.556. The zero-order valence-electron chi connectivity index (χ0n) is 12.9. The molecule has 0 saturated heterocycles. The number of hydrogen-bond donors (Lipinski definition) is 0. The smallest absolute Gasteiger partial charge is 0.308 e. The molecule has 0 spiro atoms. The van der Waals surface area contributed by atoms with Crippen molar-refractivity contribution in [2.45, 2.75) is 58.3 Å². The van der Waals surface area contributed by atoms with Crippen molar-refractivity contribution in [3.63, 3.8) is 0 Å². The summed E-state index contributed by atoms with van der Waals surface area (Å²) in [5.74, 6) is 1.39. The Morgan fingerprint density at radius 3 is 2.62 bits per heavy atom. The molecule has 0 unspecified atom stereocenters. The number of rotatable bonds is 4. The number of nitriles is 1. The van der Waals surface area contributed by atoms with Gasteiger partial charge in [0.1, 0.15) is 11.8 Å². The Labute approximate surface area is 126 Å². The maximum Gasteiger partial charge on any atom is 0.308 e. The molecule has 21 heavy (non-hydrogen) atoms. The lowest BCUT2D eigenvalue weighted by atomic mass is 9.77. The van der Waals surface area contributed by atoms with Crippen molar-refractivity contribution in [1.82, 2.24) is 0 Å². The summed E-state index contributed by atoms with van der Waals surface area (Å²) in [7, 11) is 0. The van der Waals surface area contributed by atoms with Crippen LogP contribution in [-0.2, 0) is 4.79 Å². The Hall–Kier alpha value is -1.82. The molecule has 1 aromatic carbocycles. The van der Waals surface area contributed by atoms with Gasteiger partial charge in [-0.25, -0.2) is 0 Å². The Morgan fingerprint density at radius 2 is 2.05 bits per heavy atom. The number of benzene rings is 1. The molecule has 0 heterocycles. The number of esters is 1. The van der Waals surface area contributed by atoms with Gasteiger partial charge in [-0.05, 0) is 55.2 Å². The fourth-order valence-electron chi connectivity index (χ4n) is 3.33. The molecular formula is C18H23NO2. The van der Waals surface area contributed by atoms with Crippen LogP contribution in [0, 0.1) is 17.2 Å². The van der Waals surface area contributed by atoms with Crippen LogP contribution in [0.5, 0.6) is 5.75 Å². The topological polar surface area (TPSA) is 50.1 Å². The number of carbonyl (C=O) groups excluding carboxylic acids is 1. The molecule has 0 N–H and O–H groups in total. The van der Waals surface area contributed by atoms with Crippen molar-refractivity contribution in [2.24, 2.45) is 5.92 Å². The Balaban J connectivity index is 2.08. The van der Waals surface area contributed by atoms with Gasteiger partial charge in [0.15, 0.2) is 0 Å². The minimum atomic E-state index is -0.390. The van der Waals surface area contributed by atoms with Crippen LogP contribution in [0.3, 0.4) is 0 Å². The van der Waals surface area contributed by atoms with Gasteiger partial charge in [-0.15, -0.1) is 0 Å². The summed E-state index contributed by atoms with van der Waals surface area (Å²) < 4.78 is 5.07. The van der Waals surface area contributed by atoms with Crippen molar-refractivity contribution in [2.75, 3.05) is 0 Å². The summed E-state index contributed by atoms with van der Waals surface area (Å²) in [6.07, 6.45) is 7.57. The first-order valence-corrected chi connectivity index (χ1v) is 7.86. The average Bonchev–Trinajstić information content (AvgIpc) is 2.48. The number of carbonyl (C=O) groups is 1. The summed E-state index contributed by atoms with van der Waals surface area (Å²) in [5.41, 5.74) is 1.66. The van der Waals surface area contributed by atoms with E-state index in [1.807, 2.05) is 12.1 Å². The molecule has 1 aliphatic carbocycles. The third-order valence-electron chi connectivity index (χ3n) is 4.39. The van der Waals surface area contributed by atoms with Gasteiger partial charge in [-0.2, -0.15) is 5.26 Å². The molecule has 0 amide bonds. The van der Waals surface area contributed by atoms with Gasteiger partial charge < -0.3 is 4.74 Å². The van der Waals surface area contributed by atoms with E-state index >= 15 is 0 Å². The van der Waals surface area contributed by atoms with E-state index in [1.165, 1.54) is 51.0 Å². The number of hydrogen-bond acceptors (Lipinski definition) is 3. The molecule has 1 saturated carbocycles. The zero-order valence-corrected chi connectivity index (χ0v) is 12.9. The molecule has 1 aromatic rings. The highest BCUT2D eigenvalue weighted by atomic mass is 16.5. The fourth-order valence-corrected chi connectivity index (χ4v) is 3.33. The molecule has 3 heteroatoms. The first kappa shape index (κ1) is 15.6. The highest BCUT2D eigenvalue weighted by Crippen LogP contribution is 2.38. The van der Waals surface area contributed by atoms with Crippen LogP contribution in [0.2, 0.25) is 0 Å². The van der Waals surface area contributed by atoms with Crippen LogP contribution in [0.15, 0.2) is 18.2 Å². The Bertz CT molecular complexity index is 537. The molecule has 2 rings (SSSR count). The van der Waals surface area contributed by atoms with Crippen molar-refractivity contribution in [3.05, 3.63) is 29.3 Å². The molecule has 0 bridgehead atoms. The lowest BCUT2D eigenvalue weighted by Gasteiger charge is -2.28. The minimum absolute atomic E-state index is 0.369. The molecular weight excluding hydrogens is 262 g/mol. The minimum Gasteiger partial charge on any atom is -0.425 e. The zero-order chi connectivity index (χ0) is 15.2. The SMILES string of the molecule is CCCC1CCC(c2ccc(OC(C)=O)c(C#N)c2)CC1. The summed E-state index contributed by atoms with van der Waals surface area (Å²) in [5, 5.41) is 9.22. The van der Waals surface area contributed by atoms with Crippen LogP contribution in [0.1, 0.15) is 69.4 Å². The lowest BCUT2D eigenvalue weighted by Crippen LogP contribution is -2.13. The summed E-state index contributed by atoms with van der Waals surface area (Å²) in [6.45, 7) is 3.60. The van der Waals surface area contributed by atoms with Crippen LogP contribution >= 0.6 is 0 Å². The molecule has 1 fully saturated rings. The summed E-state index contributed by atoms with van der Waals surface area (Å²) in [6, 6.07) is 7.79. The van der Waals surface area contributed by atoms with Gasteiger partial charge >= 0.3 is 5.97 Å². The van der Waals surface area contributed by atoms with Crippen molar-refractivity contribution in [1.29, 1.82) is 5.26 Å². The monoisotopic (exact) mass is 285 g/mol. The lowest BCUT2D eigenvalue weighted by molar-refractivity contribution is -0.131. The normalized spacial score (nSPS) is 21.6.